The van der Waals surface area contributed by atoms with Crippen molar-refractivity contribution in [3.63, 3.8) is 0 Å². The van der Waals surface area contributed by atoms with Gasteiger partial charge in [-0.2, -0.15) is 0 Å². The molecule has 0 aliphatic heterocycles. The lowest BCUT2D eigenvalue weighted by atomic mass is 9.97. The van der Waals surface area contributed by atoms with Crippen LogP contribution in [0.5, 0.6) is 0 Å². The van der Waals surface area contributed by atoms with E-state index in [9.17, 15) is 0 Å². The topological polar surface area (TPSA) is 64.7 Å². The van der Waals surface area contributed by atoms with Gasteiger partial charge in [-0.3, -0.25) is 4.98 Å². The molecule has 2 rings (SSSR count). The van der Waals surface area contributed by atoms with E-state index in [4.69, 9.17) is 4.42 Å². The summed E-state index contributed by atoms with van der Waals surface area (Å²) in [5.41, 5.74) is 0.452. The summed E-state index contributed by atoms with van der Waals surface area (Å²) in [6.07, 6.45) is 4.79. The minimum atomic E-state index is -0.145. The van der Waals surface area contributed by atoms with E-state index in [0.717, 1.165) is 0 Å². The molecule has 0 radical (unpaired) electrons. The van der Waals surface area contributed by atoms with E-state index in [1.807, 2.05) is 20.8 Å². The number of hydrogen-bond donors (Lipinski definition) is 0. The van der Waals surface area contributed by atoms with Crippen molar-refractivity contribution in [2.45, 2.75) is 26.2 Å². The van der Waals surface area contributed by atoms with E-state index in [-0.39, 0.29) is 5.41 Å². The Morgan fingerprint density at radius 1 is 1.13 bits per heavy atom. The Bertz CT molecular complexity index is 444. The van der Waals surface area contributed by atoms with Crippen LogP contribution < -0.4 is 0 Å². The van der Waals surface area contributed by atoms with E-state index in [0.29, 0.717) is 17.5 Å². The van der Waals surface area contributed by atoms with Gasteiger partial charge in [-0.1, -0.05) is 20.8 Å². The first-order chi connectivity index (χ1) is 7.07. The molecule has 2 heterocycles. The van der Waals surface area contributed by atoms with Crippen LogP contribution in [0, 0.1) is 0 Å². The molecule has 0 atom stereocenters. The summed E-state index contributed by atoms with van der Waals surface area (Å²) in [5.74, 6) is 1.01. The largest absolute Gasteiger partial charge is 0.419 e. The van der Waals surface area contributed by atoms with Crippen molar-refractivity contribution >= 4 is 0 Å². The summed E-state index contributed by atoms with van der Waals surface area (Å²) in [4.78, 5) is 8.03. The number of rotatable bonds is 1. The molecule has 2 aromatic heterocycles. The average Bonchev–Trinajstić information content (AvgIpc) is 2.67. The Labute approximate surface area is 87.6 Å². The van der Waals surface area contributed by atoms with Crippen molar-refractivity contribution < 1.29 is 4.42 Å². The van der Waals surface area contributed by atoms with E-state index in [1.54, 1.807) is 18.6 Å². The molecule has 0 fully saturated rings. The van der Waals surface area contributed by atoms with Crippen molar-refractivity contribution in [1.29, 1.82) is 0 Å². The summed E-state index contributed by atoms with van der Waals surface area (Å²) in [5, 5.41) is 7.91. The summed E-state index contributed by atoms with van der Waals surface area (Å²) < 4.78 is 5.51. The lowest BCUT2D eigenvalue weighted by Gasteiger charge is -2.10. The molecule has 15 heavy (non-hydrogen) atoms. The van der Waals surface area contributed by atoms with Crippen LogP contribution in [0.4, 0.5) is 0 Å². The second-order valence-electron chi connectivity index (χ2n) is 4.25. The van der Waals surface area contributed by atoms with Gasteiger partial charge in [0.1, 0.15) is 5.69 Å². The van der Waals surface area contributed by atoms with E-state index in [2.05, 4.69) is 20.2 Å². The molecule has 0 N–H and O–H groups in total. The van der Waals surface area contributed by atoms with Gasteiger partial charge < -0.3 is 4.42 Å². The van der Waals surface area contributed by atoms with Crippen LogP contribution in [0.2, 0.25) is 0 Å². The van der Waals surface area contributed by atoms with Gasteiger partial charge in [-0.15, -0.1) is 10.2 Å². The molecule has 0 spiro atoms. The Hall–Kier alpha value is -1.78. The highest BCUT2D eigenvalue weighted by atomic mass is 16.4. The van der Waals surface area contributed by atoms with E-state index >= 15 is 0 Å². The van der Waals surface area contributed by atoms with Gasteiger partial charge in [0.05, 0.1) is 6.20 Å². The molecule has 0 saturated heterocycles. The Morgan fingerprint density at radius 3 is 2.47 bits per heavy atom. The van der Waals surface area contributed by atoms with Crippen molar-refractivity contribution in [1.82, 2.24) is 20.2 Å². The molecule has 0 amide bonds. The van der Waals surface area contributed by atoms with Crippen LogP contribution in [0.3, 0.4) is 0 Å². The molecule has 5 nitrogen and oxygen atoms in total. The SMILES string of the molecule is CC(C)(C)c1nnc(-c2cnccn2)o1. The maximum Gasteiger partial charge on any atom is 0.267 e. The zero-order valence-corrected chi connectivity index (χ0v) is 8.93. The molecule has 0 aliphatic carbocycles. The van der Waals surface area contributed by atoms with Crippen LogP contribution in [0.15, 0.2) is 23.0 Å². The molecule has 2 aromatic rings. The van der Waals surface area contributed by atoms with Crippen LogP contribution in [0.1, 0.15) is 26.7 Å². The van der Waals surface area contributed by atoms with Crippen LogP contribution in [-0.2, 0) is 5.41 Å². The molecular weight excluding hydrogens is 192 g/mol. The van der Waals surface area contributed by atoms with Gasteiger partial charge in [0.15, 0.2) is 0 Å². The second kappa shape index (κ2) is 3.42. The van der Waals surface area contributed by atoms with Crippen molar-refractivity contribution in [3.8, 4) is 11.6 Å². The van der Waals surface area contributed by atoms with Gasteiger partial charge in [0.25, 0.3) is 5.89 Å². The number of aromatic nitrogens is 4. The third-order valence-corrected chi connectivity index (χ3v) is 1.85. The quantitative estimate of drug-likeness (QED) is 0.709. The van der Waals surface area contributed by atoms with Gasteiger partial charge in [0.2, 0.25) is 5.89 Å². The summed E-state index contributed by atoms with van der Waals surface area (Å²) in [6.45, 7) is 6.04. The molecule has 0 bridgehead atoms. The molecule has 0 aromatic carbocycles. The molecule has 0 saturated carbocycles. The molecule has 5 heteroatoms. The summed E-state index contributed by atoms with van der Waals surface area (Å²) >= 11 is 0. The van der Waals surface area contributed by atoms with Crippen molar-refractivity contribution in [2.24, 2.45) is 0 Å². The Kier molecular flexibility index (Phi) is 2.22. The summed E-state index contributed by atoms with van der Waals surface area (Å²) in [6, 6.07) is 0. The molecular formula is C10H12N4O. The minimum absolute atomic E-state index is 0.145. The third kappa shape index (κ3) is 2.01. The maximum absolute atomic E-state index is 5.51. The van der Waals surface area contributed by atoms with Gasteiger partial charge in [-0.25, -0.2) is 4.98 Å². The normalized spacial score (nSPS) is 11.7. The predicted molar refractivity (Wildman–Crippen MR) is 54.0 cm³/mol. The fraction of sp³-hybridized carbons (Fsp3) is 0.400. The van der Waals surface area contributed by atoms with E-state index in [1.165, 1.54) is 0 Å². The first kappa shape index (κ1) is 9.76. The van der Waals surface area contributed by atoms with E-state index < -0.39 is 0 Å². The third-order valence-electron chi connectivity index (χ3n) is 1.85. The monoisotopic (exact) mass is 204 g/mol. The maximum atomic E-state index is 5.51. The second-order valence-corrected chi connectivity index (χ2v) is 4.25. The van der Waals surface area contributed by atoms with Gasteiger partial charge in [-0.05, 0) is 0 Å². The predicted octanol–water partition coefficient (Wildman–Crippen LogP) is 1.82. The molecule has 0 unspecified atom stereocenters. The average molecular weight is 204 g/mol. The number of hydrogen-bond acceptors (Lipinski definition) is 5. The Balaban J connectivity index is 2.37. The van der Waals surface area contributed by atoms with Crippen LogP contribution in [0.25, 0.3) is 11.6 Å². The molecule has 78 valence electrons. The minimum Gasteiger partial charge on any atom is -0.419 e. The van der Waals surface area contributed by atoms with Gasteiger partial charge in [0, 0.05) is 17.8 Å². The van der Waals surface area contributed by atoms with Gasteiger partial charge >= 0.3 is 0 Å². The van der Waals surface area contributed by atoms with Crippen LogP contribution >= 0.6 is 0 Å². The zero-order chi connectivity index (χ0) is 10.9. The highest BCUT2D eigenvalue weighted by Gasteiger charge is 2.22. The fourth-order valence-corrected chi connectivity index (χ4v) is 1.04. The van der Waals surface area contributed by atoms with Crippen molar-refractivity contribution in [2.75, 3.05) is 0 Å². The van der Waals surface area contributed by atoms with Crippen LogP contribution in [-0.4, -0.2) is 20.2 Å². The first-order valence-corrected chi connectivity index (χ1v) is 4.68. The highest BCUT2D eigenvalue weighted by Crippen LogP contribution is 2.23. The smallest absolute Gasteiger partial charge is 0.267 e. The zero-order valence-electron chi connectivity index (χ0n) is 8.93. The highest BCUT2D eigenvalue weighted by molar-refractivity contribution is 5.43. The Morgan fingerprint density at radius 2 is 1.93 bits per heavy atom. The lowest BCUT2D eigenvalue weighted by Crippen LogP contribution is -2.11. The number of nitrogens with zero attached hydrogens (tertiary/aromatic N) is 4. The molecule has 0 aliphatic rings. The lowest BCUT2D eigenvalue weighted by molar-refractivity contribution is 0.398. The fourth-order valence-electron chi connectivity index (χ4n) is 1.04. The first-order valence-electron chi connectivity index (χ1n) is 4.68. The standard InChI is InChI=1S/C10H12N4O/c1-10(2,3)9-14-13-8(15-9)7-6-11-4-5-12-7/h4-6H,1-3H3. The summed E-state index contributed by atoms with van der Waals surface area (Å²) in [7, 11) is 0. The van der Waals surface area contributed by atoms with Crippen molar-refractivity contribution in [3.05, 3.63) is 24.5 Å².